The topological polar surface area (TPSA) is 42.7 Å². The Morgan fingerprint density at radius 2 is 2.00 bits per heavy atom. The van der Waals surface area contributed by atoms with Gasteiger partial charge in [-0.3, -0.25) is 4.68 Å². The summed E-state index contributed by atoms with van der Waals surface area (Å²) in [6.07, 6.45) is 3.32. The van der Waals surface area contributed by atoms with E-state index in [0.717, 1.165) is 37.3 Å². The van der Waals surface area contributed by atoms with Crippen LogP contribution in [0.1, 0.15) is 25.2 Å². The van der Waals surface area contributed by atoms with E-state index in [-0.39, 0.29) is 0 Å². The lowest BCUT2D eigenvalue weighted by Crippen LogP contribution is -2.34. The van der Waals surface area contributed by atoms with E-state index < -0.39 is 0 Å². The van der Waals surface area contributed by atoms with Crippen LogP contribution in [0.25, 0.3) is 0 Å². The predicted octanol–water partition coefficient (Wildman–Crippen LogP) is 3.37. The van der Waals surface area contributed by atoms with Gasteiger partial charge in [-0.25, -0.2) is 4.98 Å². The standard InChI is InChI=1S/C15H20Cl2N4/c1-3-18-12(9-15-19-10-20-21(15)4-2)7-11-5-6-13(16)14(17)8-11/h5-6,8,10,12,18H,3-4,7,9H2,1-2H3. The van der Waals surface area contributed by atoms with Gasteiger partial charge >= 0.3 is 0 Å². The summed E-state index contributed by atoms with van der Waals surface area (Å²) in [6, 6.07) is 6.08. The first-order valence-electron chi connectivity index (χ1n) is 7.18. The lowest BCUT2D eigenvalue weighted by atomic mass is 10.0. The lowest BCUT2D eigenvalue weighted by Gasteiger charge is -2.18. The molecule has 0 saturated heterocycles. The van der Waals surface area contributed by atoms with E-state index >= 15 is 0 Å². The van der Waals surface area contributed by atoms with E-state index in [1.54, 1.807) is 6.33 Å². The molecule has 2 aromatic rings. The van der Waals surface area contributed by atoms with Crippen molar-refractivity contribution in [3.8, 4) is 0 Å². The molecule has 0 aliphatic heterocycles. The molecule has 0 spiro atoms. The molecule has 0 aliphatic rings. The van der Waals surface area contributed by atoms with Crippen LogP contribution >= 0.6 is 23.2 Å². The molecule has 1 unspecified atom stereocenters. The van der Waals surface area contributed by atoms with Crippen molar-refractivity contribution in [3.63, 3.8) is 0 Å². The molecule has 0 bridgehead atoms. The number of halogens is 2. The van der Waals surface area contributed by atoms with E-state index in [1.165, 1.54) is 0 Å². The van der Waals surface area contributed by atoms with Crippen LogP contribution in [0.4, 0.5) is 0 Å². The molecular formula is C15H20Cl2N4. The minimum Gasteiger partial charge on any atom is -0.313 e. The van der Waals surface area contributed by atoms with E-state index in [1.807, 2.05) is 22.9 Å². The zero-order valence-corrected chi connectivity index (χ0v) is 13.8. The molecule has 1 N–H and O–H groups in total. The second-order valence-corrected chi connectivity index (χ2v) is 5.72. The van der Waals surface area contributed by atoms with Gasteiger partial charge in [0.2, 0.25) is 0 Å². The Kier molecular flexibility index (Phi) is 6.03. The largest absolute Gasteiger partial charge is 0.313 e. The molecule has 0 aliphatic carbocycles. The van der Waals surface area contributed by atoms with Crippen LogP contribution in [0.5, 0.6) is 0 Å². The molecule has 0 amide bonds. The van der Waals surface area contributed by atoms with E-state index in [2.05, 4.69) is 29.2 Å². The van der Waals surface area contributed by atoms with Crippen LogP contribution in [0.3, 0.4) is 0 Å². The normalized spacial score (nSPS) is 12.6. The smallest absolute Gasteiger partial charge is 0.138 e. The number of benzene rings is 1. The van der Waals surface area contributed by atoms with Crippen LogP contribution in [0.2, 0.25) is 10.0 Å². The summed E-state index contributed by atoms with van der Waals surface area (Å²) in [4.78, 5) is 4.35. The van der Waals surface area contributed by atoms with Crippen molar-refractivity contribution in [3.05, 3.63) is 46.0 Å². The van der Waals surface area contributed by atoms with Crippen molar-refractivity contribution >= 4 is 23.2 Å². The number of nitrogens with one attached hydrogen (secondary N) is 1. The first kappa shape index (κ1) is 16.3. The quantitative estimate of drug-likeness (QED) is 0.848. The maximum atomic E-state index is 6.09. The Morgan fingerprint density at radius 1 is 1.19 bits per heavy atom. The molecule has 0 radical (unpaired) electrons. The van der Waals surface area contributed by atoms with Gasteiger partial charge in [0.25, 0.3) is 0 Å². The molecule has 1 aromatic carbocycles. The summed E-state index contributed by atoms with van der Waals surface area (Å²) in [5.41, 5.74) is 1.16. The fraction of sp³-hybridized carbons (Fsp3) is 0.467. The molecular weight excluding hydrogens is 307 g/mol. The van der Waals surface area contributed by atoms with Crippen LogP contribution in [-0.4, -0.2) is 27.4 Å². The molecule has 1 heterocycles. The molecule has 0 fully saturated rings. The average Bonchev–Trinajstić information content (AvgIpc) is 2.90. The summed E-state index contributed by atoms with van der Waals surface area (Å²) in [5, 5.41) is 8.90. The number of nitrogens with zero attached hydrogens (tertiary/aromatic N) is 3. The molecule has 6 heteroatoms. The number of hydrogen-bond donors (Lipinski definition) is 1. The Morgan fingerprint density at radius 3 is 2.67 bits per heavy atom. The maximum absolute atomic E-state index is 6.09. The molecule has 1 aromatic heterocycles. The number of hydrogen-bond acceptors (Lipinski definition) is 3. The highest BCUT2D eigenvalue weighted by Gasteiger charge is 2.14. The molecule has 4 nitrogen and oxygen atoms in total. The van der Waals surface area contributed by atoms with Crippen LogP contribution in [0.15, 0.2) is 24.5 Å². The summed E-state index contributed by atoms with van der Waals surface area (Å²) in [6.45, 7) is 5.92. The molecule has 21 heavy (non-hydrogen) atoms. The Balaban J connectivity index is 2.09. The number of likely N-dealkylation sites (N-methyl/N-ethyl adjacent to an activating group) is 1. The van der Waals surface area contributed by atoms with Crippen LogP contribution in [-0.2, 0) is 19.4 Å². The van der Waals surface area contributed by atoms with Crippen LogP contribution < -0.4 is 5.32 Å². The van der Waals surface area contributed by atoms with Crippen LogP contribution in [0, 0.1) is 0 Å². The Hall–Kier alpha value is -1.10. The minimum atomic E-state index is 0.293. The van der Waals surface area contributed by atoms with Crippen molar-refractivity contribution in [2.75, 3.05) is 6.54 Å². The number of rotatable bonds is 7. The second kappa shape index (κ2) is 7.78. The van der Waals surface area contributed by atoms with Gasteiger partial charge in [0.1, 0.15) is 12.2 Å². The average molecular weight is 327 g/mol. The fourth-order valence-corrected chi connectivity index (χ4v) is 2.71. The van der Waals surface area contributed by atoms with E-state index in [0.29, 0.717) is 16.1 Å². The van der Waals surface area contributed by atoms with Crippen molar-refractivity contribution in [2.24, 2.45) is 0 Å². The summed E-state index contributed by atoms with van der Waals surface area (Å²) < 4.78 is 1.93. The Labute approximate surface area is 135 Å². The van der Waals surface area contributed by atoms with Crippen molar-refractivity contribution < 1.29 is 0 Å². The van der Waals surface area contributed by atoms with Gasteiger partial charge in [-0.15, -0.1) is 0 Å². The van der Waals surface area contributed by atoms with Gasteiger partial charge in [-0.05, 0) is 37.6 Å². The highest BCUT2D eigenvalue weighted by Crippen LogP contribution is 2.23. The van der Waals surface area contributed by atoms with Gasteiger partial charge in [0.05, 0.1) is 10.0 Å². The van der Waals surface area contributed by atoms with Crippen molar-refractivity contribution in [1.82, 2.24) is 20.1 Å². The lowest BCUT2D eigenvalue weighted by molar-refractivity contribution is 0.490. The number of aryl methyl sites for hydroxylation is 1. The van der Waals surface area contributed by atoms with Gasteiger partial charge < -0.3 is 5.32 Å². The third-order valence-electron chi connectivity index (χ3n) is 3.38. The monoisotopic (exact) mass is 326 g/mol. The van der Waals surface area contributed by atoms with Crippen molar-refractivity contribution in [2.45, 2.75) is 39.3 Å². The molecule has 2 rings (SSSR count). The molecule has 1 atom stereocenters. The third-order valence-corrected chi connectivity index (χ3v) is 4.12. The summed E-state index contributed by atoms with van der Waals surface area (Å²) in [7, 11) is 0. The number of aromatic nitrogens is 3. The zero-order chi connectivity index (χ0) is 15.2. The fourth-order valence-electron chi connectivity index (χ4n) is 2.39. The first-order chi connectivity index (χ1) is 10.1. The van der Waals surface area contributed by atoms with E-state index in [9.17, 15) is 0 Å². The van der Waals surface area contributed by atoms with E-state index in [4.69, 9.17) is 23.2 Å². The SMILES string of the molecule is CCNC(Cc1ccc(Cl)c(Cl)c1)Cc1ncnn1CC. The maximum Gasteiger partial charge on any atom is 0.138 e. The molecule has 0 saturated carbocycles. The summed E-state index contributed by atoms with van der Waals surface area (Å²) >= 11 is 12.0. The van der Waals surface area contributed by atoms with Gasteiger partial charge in [0, 0.05) is 19.0 Å². The summed E-state index contributed by atoms with van der Waals surface area (Å²) in [5.74, 6) is 1.00. The minimum absolute atomic E-state index is 0.293. The third kappa shape index (κ3) is 4.43. The highest BCUT2D eigenvalue weighted by molar-refractivity contribution is 6.42. The molecule has 114 valence electrons. The predicted molar refractivity (Wildman–Crippen MR) is 87.0 cm³/mol. The first-order valence-corrected chi connectivity index (χ1v) is 7.93. The highest BCUT2D eigenvalue weighted by atomic mass is 35.5. The zero-order valence-electron chi connectivity index (χ0n) is 12.3. The van der Waals surface area contributed by atoms with Crippen molar-refractivity contribution in [1.29, 1.82) is 0 Å². The second-order valence-electron chi connectivity index (χ2n) is 4.90. The Bertz CT molecular complexity index is 583. The van der Waals surface area contributed by atoms with Gasteiger partial charge in [0.15, 0.2) is 0 Å². The van der Waals surface area contributed by atoms with Gasteiger partial charge in [-0.1, -0.05) is 36.2 Å². The van der Waals surface area contributed by atoms with Gasteiger partial charge in [-0.2, -0.15) is 5.10 Å².